The third kappa shape index (κ3) is 7.71. The third-order valence-electron chi connectivity index (χ3n) is 6.90. The van der Waals surface area contributed by atoms with E-state index in [0.717, 1.165) is 17.7 Å². The second kappa shape index (κ2) is 13.1. The summed E-state index contributed by atoms with van der Waals surface area (Å²) in [6, 6.07) is 25.4. The number of hydrogen-bond donors (Lipinski definition) is 0. The molecule has 0 aliphatic carbocycles. The standard InChI is InChI=1S/C23H30N.C10H12O.2ClH.Ru/c1-17(2)20-14-10-11-18(3)21(20)24-16-23(6,15-22(24,4)5)19-12-8-7-9-13-19;1-8(2)11-10-7-5-4-6-9(10)3;;;/h7-14,16-17H,15H2,1-6H3;3-8H,1-2H3;2*1H;/q-1;;;;+2/p-2. The number of halogens is 2. The third-order valence-corrected chi connectivity index (χ3v) is 8.73. The van der Waals surface area contributed by atoms with Crippen LogP contribution in [0.4, 0.5) is 5.69 Å². The molecule has 4 rings (SSSR count). The number of nitrogens with zero attached hydrogens (tertiary/aromatic N) is 1. The van der Waals surface area contributed by atoms with Gasteiger partial charge in [-0.15, -0.1) is 5.41 Å². The van der Waals surface area contributed by atoms with E-state index in [1.54, 1.807) is 0 Å². The van der Waals surface area contributed by atoms with Crippen molar-refractivity contribution in [3.63, 3.8) is 0 Å². The van der Waals surface area contributed by atoms with Gasteiger partial charge in [0.25, 0.3) is 0 Å². The first-order chi connectivity index (χ1) is 17.8. The second-order valence-electron chi connectivity index (χ2n) is 11.5. The van der Waals surface area contributed by atoms with Crippen LogP contribution < -0.4 is 9.64 Å². The molecule has 0 saturated carbocycles. The van der Waals surface area contributed by atoms with Crippen LogP contribution >= 0.6 is 19.4 Å². The Morgan fingerprint density at radius 3 is 2.13 bits per heavy atom. The van der Waals surface area contributed by atoms with Gasteiger partial charge in [-0.25, -0.2) is 6.54 Å². The van der Waals surface area contributed by atoms with Crippen LogP contribution in [0, 0.1) is 13.5 Å². The monoisotopic (exact) mass is 640 g/mol. The predicted octanol–water partition coefficient (Wildman–Crippen LogP) is 9.78. The summed E-state index contributed by atoms with van der Waals surface area (Å²) in [6.07, 6.45) is 1.28. The molecule has 2 nitrogen and oxygen atoms in total. The van der Waals surface area contributed by atoms with Gasteiger partial charge in [-0.2, -0.15) is 0 Å². The van der Waals surface area contributed by atoms with Crippen LogP contribution in [-0.2, 0) is 18.9 Å². The Hall–Kier alpha value is -1.67. The summed E-state index contributed by atoms with van der Waals surface area (Å²) in [5.74, 6) is 1.37. The zero-order valence-corrected chi connectivity index (χ0v) is 27.2. The van der Waals surface area contributed by atoms with Crippen LogP contribution in [0.25, 0.3) is 0 Å². The molecule has 0 N–H and O–H groups in total. The van der Waals surface area contributed by atoms with Gasteiger partial charge in [-0.1, -0.05) is 74.9 Å². The van der Waals surface area contributed by atoms with Gasteiger partial charge in [0.1, 0.15) is 0 Å². The molecule has 1 atom stereocenters. The number of benzene rings is 3. The van der Waals surface area contributed by atoms with Gasteiger partial charge >= 0.3 is 97.8 Å². The fraction of sp³-hybridized carbons (Fsp3) is 0.394. The first-order valence-corrected chi connectivity index (χ1v) is 18.7. The van der Waals surface area contributed by atoms with E-state index in [9.17, 15) is 0 Å². The van der Waals surface area contributed by atoms with E-state index >= 15 is 0 Å². The molecule has 0 spiro atoms. The molecule has 1 fully saturated rings. The fourth-order valence-corrected chi connectivity index (χ4v) is 7.14. The number of rotatable bonds is 6. The number of ether oxygens (including phenoxy) is 1. The van der Waals surface area contributed by atoms with Crippen molar-refractivity contribution in [1.82, 2.24) is 0 Å². The minimum absolute atomic E-state index is 0.0707. The van der Waals surface area contributed by atoms with E-state index < -0.39 is 13.5 Å². The number of anilines is 1. The van der Waals surface area contributed by atoms with Crippen molar-refractivity contribution in [1.29, 1.82) is 0 Å². The maximum Gasteiger partial charge on any atom is 0.0140 e. The molecule has 1 saturated heterocycles. The van der Waals surface area contributed by atoms with Crippen molar-refractivity contribution in [3.05, 3.63) is 102 Å². The molecule has 1 aliphatic heterocycles. The molecule has 0 aromatic heterocycles. The minimum Gasteiger partial charge on any atom is -0.517 e. The van der Waals surface area contributed by atoms with E-state index in [-0.39, 0.29) is 17.1 Å². The first-order valence-electron chi connectivity index (χ1n) is 13.2. The van der Waals surface area contributed by atoms with E-state index in [4.69, 9.17) is 24.1 Å². The van der Waals surface area contributed by atoms with Crippen molar-refractivity contribution < 1.29 is 18.3 Å². The molecule has 1 aliphatic rings. The predicted molar refractivity (Wildman–Crippen MR) is 164 cm³/mol. The summed E-state index contributed by atoms with van der Waals surface area (Å²) < 4.78 is 7.51. The molecule has 38 heavy (non-hydrogen) atoms. The Labute approximate surface area is 243 Å². The van der Waals surface area contributed by atoms with E-state index in [1.165, 1.54) is 22.4 Å². The second-order valence-corrected chi connectivity index (χ2v) is 17.2. The average molecular weight is 641 g/mol. The number of aryl methyl sites for hydroxylation is 1. The fourth-order valence-electron chi connectivity index (χ4n) is 5.34. The summed E-state index contributed by atoms with van der Waals surface area (Å²) >= 11 is -1.77. The van der Waals surface area contributed by atoms with E-state index in [1.807, 2.05) is 42.7 Å². The molecular weight excluding hydrogens is 598 g/mol. The quantitative estimate of drug-likeness (QED) is 0.197. The number of hydrogen-bond acceptors (Lipinski definition) is 2. The SMILES string of the molecule is CC(C)Oc1ccccc1[CH]=[Ru]([Cl])[Cl].Cc1cccc(C(C)C)c1N1[CH-]C(C)(c2ccccc2)CC1(C)C. The topological polar surface area (TPSA) is 12.5 Å². The zero-order chi connectivity index (χ0) is 28.1. The molecule has 0 bridgehead atoms. The molecule has 208 valence electrons. The molecule has 0 amide bonds. The van der Waals surface area contributed by atoms with E-state index in [0.29, 0.717) is 5.92 Å². The van der Waals surface area contributed by atoms with Crippen LogP contribution in [0.5, 0.6) is 5.75 Å². The van der Waals surface area contributed by atoms with Gasteiger partial charge in [0, 0.05) is 11.2 Å². The summed E-state index contributed by atoms with van der Waals surface area (Å²) in [4.78, 5) is 2.55. The van der Waals surface area contributed by atoms with Gasteiger partial charge in [-0.05, 0) is 44.2 Å². The number of para-hydroxylation sites is 2. The van der Waals surface area contributed by atoms with Crippen LogP contribution in [0.2, 0.25) is 0 Å². The molecule has 1 heterocycles. The van der Waals surface area contributed by atoms with Crippen molar-refractivity contribution >= 4 is 29.7 Å². The molecule has 1 unspecified atom stereocenters. The molecular formula is C33H42Cl2NORu-. The maximum atomic E-state index is 5.82. The van der Waals surface area contributed by atoms with Crippen molar-refractivity contribution in [3.8, 4) is 5.75 Å². The Morgan fingerprint density at radius 2 is 1.53 bits per heavy atom. The largest absolute Gasteiger partial charge is 0.517 e. The Morgan fingerprint density at radius 1 is 0.895 bits per heavy atom. The van der Waals surface area contributed by atoms with Gasteiger partial charge in [0.15, 0.2) is 0 Å². The maximum absolute atomic E-state index is 5.82. The molecule has 0 radical (unpaired) electrons. The van der Waals surface area contributed by atoms with Crippen LogP contribution in [0.3, 0.4) is 0 Å². The summed E-state index contributed by atoms with van der Waals surface area (Å²) in [7, 11) is 11.6. The zero-order valence-electron chi connectivity index (χ0n) is 23.9. The minimum atomic E-state index is -1.77. The van der Waals surface area contributed by atoms with E-state index in [2.05, 4.69) is 102 Å². The van der Waals surface area contributed by atoms with Gasteiger partial charge in [-0.3, -0.25) is 0 Å². The van der Waals surface area contributed by atoms with Gasteiger partial charge in [0.05, 0.1) is 0 Å². The van der Waals surface area contributed by atoms with Gasteiger partial charge in [0.2, 0.25) is 0 Å². The van der Waals surface area contributed by atoms with Gasteiger partial charge < -0.3 is 4.90 Å². The van der Waals surface area contributed by atoms with Crippen LogP contribution in [-0.4, -0.2) is 16.3 Å². The Balaban J connectivity index is 0.000000244. The first kappa shape index (κ1) is 30.9. The Kier molecular flexibility index (Phi) is 10.7. The molecule has 3 aromatic carbocycles. The van der Waals surface area contributed by atoms with Crippen LogP contribution in [0.1, 0.15) is 83.1 Å². The average Bonchev–Trinajstić information content (AvgIpc) is 3.09. The van der Waals surface area contributed by atoms with Crippen molar-refractivity contribution in [2.24, 2.45) is 0 Å². The molecule has 5 heteroatoms. The summed E-state index contributed by atoms with van der Waals surface area (Å²) in [6.45, 7) is 20.4. The normalized spacial score (nSPS) is 18.7. The smallest absolute Gasteiger partial charge is 0.0140 e. The Bertz CT molecular complexity index is 1230. The van der Waals surface area contributed by atoms with Crippen molar-refractivity contribution in [2.75, 3.05) is 4.90 Å². The van der Waals surface area contributed by atoms with Crippen molar-refractivity contribution in [2.45, 2.75) is 84.8 Å². The van der Waals surface area contributed by atoms with Crippen LogP contribution in [0.15, 0.2) is 72.8 Å². The summed E-state index contributed by atoms with van der Waals surface area (Å²) in [5, 5.41) is 0. The molecule has 3 aromatic rings. The summed E-state index contributed by atoms with van der Waals surface area (Å²) in [5.41, 5.74) is 6.77.